The molecule has 0 fully saturated rings. The summed E-state index contributed by atoms with van der Waals surface area (Å²) in [6, 6.07) is 18.0. The van der Waals surface area contributed by atoms with Crippen LogP contribution in [0.15, 0.2) is 59.8 Å². The van der Waals surface area contributed by atoms with Crippen molar-refractivity contribution in [3.63, 3.8) is 0 Å². The number of anilines is 1. The van der Waals surface area contributed by atoms with E-state index in [4.69, 9.17) is 0 Å². The van der Waals surface area contributed by atoms with Crippen molar-refractivity contribution in [2.75, 3.05) is 11.1 Å². The maximum Gasteiger partial charge on any atom is 0.234 e. The van der Waals surface area contributed by atoms with E-state index in [0.29, 0.717) is 5.75 Å². The fourth-order valence-electron chi connectivity index (χ4n) is 2.38. The summed E-state index contributed by atoms with van der Waals surface area (Å²) in [6.07, 6.45) is 0.790. The van der Waals surface area contributed by atoms with Crippen LogP contribution in [-0.2, 0) is 11.2 Å². The number of para-hydroxylation sites is 1. The molecule has 6 heteroatoms. The SMILES string of the molecule is Cc1[nH]c(SCC(=O)Nc2ccccc2I)nc1Cc1ccccc1. The largest absolute Gasteiger partial charge is 0.337 e. The Morgan fingerprint density at radius 1 is 1.16 bits per heavy atom. The maximum absolute atomic E-state index is 12.1. The number of imidazole rings is 1. The highest BCUT2D eigenvalue weighted by molar-refractivity contribution is 14.1. The first kappa shape index (κ1) is 18.0. The van der Waals surface area contributed by atoms with Crippen LogP contribution in [0.4, 0.5) is 5.69 Å². The van der Waals surface area contributed by atoms with Gasteiger partial charge in [0, 0.05) is 15.7 Å². The Morgan fingerprint density at radius 3 is 2.64 bits per heavy atom. The monoisotopic (exact) mass is 463 g/mol. The van der Waals surface area contributed by atoms with Crippen LogP contribution in [-0.4, -0.2) is 21.6 Å². The number of rotatable bonds is 6. The molecule has 0 saturated heterocycles. The Hall–Kier alpha value is -1.80. The number of aromatic nitrogens is 2. The lowest BCUT2D eigenvalue weighted by Gasteiger charge is -2.06. The molecule has 3 rings (SSSR count). The summed E-state index contributed by atoms with van der Waals surface area (Å²) >= 11 is 3.63. The standard InChI is InChI=1S/C19H18IN3OS/c1-13-17(11-14-7-3-2-4-8-14)23-19(21-13)25-12-18(24)22-16-10-6-5-9-15(16)20/h2-10H,11-12H2,1H3,(H,21,23)(H,22,24). The molecular formula is C19H18IN3OS. The fraction of sp³-hybridized carbons (Fsp3) is 0.158. The number of halogens is 1. The Kier molecular flexibility index (Phi) is 6.14. The maximum atomic E-state index is 12.1. The lowest BCUT2D eigenvalue weighted by Crippen LogP contribution is -2.14. The molecule has 2 aromatic carbocycles. The average Bonchev–Trinajstić information content (AvgIpc) is 2.96. The van der Waals surface area contributed by atoms with Gasteiger partial charge in [-0.1, -0.05) is 54.2 Å². The zero-order valence-electron chi connectivity index (χ0n) is 13.8. The van der Waals surface area contributed by atoms with Gasteiger partial charge < -0.3 is 10.3 Å². The summed E-state index contributed by atoms with van der Waals surface area (Å²) < 4.78 is 1.03. The zero-order valence-corrected chi connectivity index (χ0v) is 16.7. The van der Waals surface area contributed by atoms with E-state index >= 15 is 0 Å². The number of hydrogen-bond donors (Lipinski definition) is 2. The van der Waals surface area contributed by atoms with E-state index < -0.39 is 0 Å². The number of carbonyl (C=O) groups is 1. The minimum Gasteiger partial charge on any atom is -0.337 e. The van der Waals surface area contributed by atoms with E-state index in [2.05, 4.69) is 50.0 Å². The topological polar surface area (TPSA) is 57.8 Å². The minimum atomic E-state index is -0.0345. The van der Waals surface area contributed by atoms with Gasteiger partial charge in [0.05, 0.1) is 17.1 Å². The third-order valence-electron chi connectivity index (χ3n) is 3.67. The molecule has 0 aliphatic rings. The summed E-state index contributed by atoms with van der Waals surface area (Å²) in [5.74, 6) is 0.288. The molecular weight excluding hydrogens is 445 g/mol. The van der Waals surface area contributed by atoms with Gasteiger partial charge in [-0.3, -0.25) is 4.79 Å². The first-order valence-corrected chi connectivity index (χ1v) is 9.95. The average molecular weight is 463 g/mol. The van der Waals surface area contributed by atoms with Gasteiger partial charge in [-0.05, 0) is 47.2 Å². The molecule has 0 aliphatic heterocycles. The van der Waals surface area contributed by atoms with Crippen molar-refractivity contribution in [3.05, 3.63) is 75.1 Å². The lowest BCUT2D eigenvalue weighted by molar-refractivity contribution is -0.113. The second-order valence-corrected chi connectivity index (χ2v) is 7.72. The Bertz CT molecular complexity index is 864. The van der Waals surface area contributed by atoms with Crippen molar-refractivity contribution >= 4 is 45.9 Å². The number of thioether (sulfide) groups is 1. The van der Waals surface area contributed by atoms with Crippen LogP contribution in [0.5, 0.6) is 0 Å². The van der Waals surface area contributed by atoms with E-state index in [1.807, 2.05) is 49.4 Å². The first-order valence-electron chi connectivity index (χ1n) is 7.88. The molecule has 1 heterocycles. The summed E-state index contributed by atoms with van der Waals surface area (Å²) in [6.45, 7) is 2.02. The third-order valence-corrected chi connectivity index (χ3v) is 5.48. The van der Waals surface area contributed by atoms with Gasteiger partial charge in [-0.15, -0.1) is 0 Å². The summed E-state index contributed by atoms with van der Waals surface area (Å²) in [4.78, 5) is 20.0. The minimum absolute atomic E-state index is 0.0345. The van der Waals surface area contributed by atoms with Crippen molar-refractivity contribution in [3.8, 4) is 0 Å². The van der Waals surface area contributed by atoms with Crippen molar-refractivity contribution in [2.24, 2.45) is 0 Å². The van der Waals surface area contributed by atoms with E-state index in [9.17, 15) is 4.79 Å². The number of carbonyl (C=O) groups excluding carboxylic acids is 1. The first-order chi connectivity index (χ1) is 12.1. The highest BCUT2D eigenvalue weighted by Gasteiger charge is 2.11. The second-order valence-electron chi connectivity index (χ2n) is 5.59. The molecule has 1 aromatic heterocycles. The molecule has 2 N–H and O–H groups in total. The Morgan fingerprint density at radius 2 is 1.88 bits per heavy atom. The Labute approximate surface area is 165 Å². The molecule has 4 nitrogen and oxygen atoms in total. The third kappa shape index (κ3) is 5.09. The quantitative estimate of drug-likeness (QED) is 0.414. The van der Waals surface area contributed by atoms with Crippen LogP contribution in [0.25, 0.3) is 0 Å². The van der Waals surface area contributed by atoms with E-state index in [1.165, 1.54) is 17.3 Å². The van der Waals surface area contributed by atoms with Crippen molar-refractivity contribution < 1.29 is 4.79 Å². The number of amides is 1. The van der Waals surface area contributed by atoms with Gasteiger partial charge in [-0.25, -0.2) is 4.98 Å². The lowest BCUT2D eigenvalue weighted by atomic mass is 10.1. The fourth-order valence-corrected chi connectivity index (χ4v) is 3.64. The molecule has 0 atom stereocenters. The zero-order chi connectivity index (χ0) is 17.6. The number of aromatic amines is 1. The predicted octanol–water partition coefficient (Wildman–Crippen LogP) is 4.64. The van der Waals surface area contributed by atoms with Crippen LogP contribution < -0.4 is 5.32 Å². The van der Waals surface area contributed by atoms with Gasteiger partial charge in [0.15, 0.2) is 5.16 Å². The van der Waals surface area contributed by atoms with Crippen LogP contribution in [0.1, 0.15) is 17.0 Å². The van der Waals surface area contributed by atoms with Gasteiger partial charge in [0.2, 0.25) is 5.91 Å². The van der Waals surface area contributed by atoms with Crippen LogP contribution in [0, 0.1) is 10.5 Å². The van der Waals surface area contributed by atoms with Crippen LogP contribution in [0.2, 0.25) is 0 Å². The normalized spacial score (nSPS) is 10.6. The molecule has 0 spiro atoms. The molecule has 0 saturated carbocycles. The number of nitrogens with zero attached hydrogens (tertiary/aromatic N) is 1. The van der Waals surface area contributed by atoms with E-state index in [1.54, 1.807) is 0 Å². The highest BCUT2D eigenvalue weighted by Crippen LogP contribution is 2.21. The van der Waals surface area contributed by atoms with Gasteiger partial charge in [0.1, 0.15) is 0 Å². The van der Waals surface area contributed by atoms with Crippen LogP contribution in [0.3, 0.4) is 0 Å². The van der Waals surface area contributed by atoms with Gasteiger partial charge in [0.25, 0.3) is 0 Å². The van der Waals surface area contributed by atoms with E-state index in [0.717, 1.165) is 32.2 Å². The van der Waals surface area contributed by atoms with Gasteiger partial charge >= 0.3 is 0 Å². The molecule has 0 unspecified atom stereocenters. The highest BCUT2D eigenvalue weighted by atomic mass is 127. The van der Waals surface area contributed by atoms with E-state index in [-0.39, 0.29) is 5.91 Å². The summed E-state index contributed by atoms with van der Waals surface area (Å²) in [7, 11) is 0. The van der Waals surface area contributed by atoms with Crippen molar-refractivity contribution in [1.82, 2.24) is 9.97 Å². The predicted molar refractivity (Wildman–Crippen MR) is 111 cm³/mol. The number of nitrogens with one attached hydrogen (secondary N) is 2. The number of aryl methyl sites for hydroxylation is 1. The Balaban J connectivity index is 1.57. The molecule has 0 radical (unpaired) electrons. The second kappa shape index (κ2) is 8.53. The molecule has 25 heavy (non-hydrogen) atoms. The molecule has 128 valence electrons. The molecule has 1 amide bonds. The molecule has 0 aliphatic carbocycles. The van der Waals surface area contributed by atoms with Crippen molar-refractivity contribution in [2.45, 2.75) is 18.5 Å². The van der Waals surface area contributed by atoms with Crippen LogP contribution >= 0.6 is 34.4 Å². The number of H-pyrrole nitrogens is 1. The van der Waals surface area contributed by atoms with Gasteiger partial charge in [-0.2, -0.15) is 0 Å². The summed E-state index contributed by atoms with van der Waals surface area (Å²) in [5, 5.41) is 3.71. The van der Waals surface area contributed by atoms with Crippen molar-refractivity contribution in [1.29, 1.82) is 0 Å². The number of benzene rings is 2. The molecule has 0 bridgehead atoms. The number of hydrogen-bond acceptors (Lipinski definition) is 3. The summed E-state index contributed by atoms with van der Waals surface area (Å²) in [5.41, 5.74) is 4.13. The molecule has 3 aromatic rings. The smallest absolute Gasteiger partial charge is 0.234 e.